The second-order valence-corrected chi connectivity index (χ2v) is 8.57. The van der Waals surface area contributed by atoms with Crippen LogP contribution in [0.25, 0.3) is 0 Å². The van der Waals surface area contributed by atoms with Gasteiger partial charge in [-0.1, -0.05) is 13.0 Å². The summed E-state index contributed by atoms with van der Waals surface area (Å²) in [5.41, 5.74) is 0.733. The summed E-state index contributed by atoms with van der Waals surface area (Å²) < 4.78 is 31.6. The van der Waals surface area contributed by atoms with Crippen molar-refractivity contribution in [3.05, 3.63) is 76.6 Å². The van der Waals surface area contributed by atoms with Gasteiger partial charge in [0.05, 0.1) is 23.2 Å². The summed E-state index contributed by atoms with van der Waals surface area (Å²) in [5, 5.41) is 11.9. The van der Waals surface area contributed by atoms with Crippen molar-refractivity contribution in [2.45, 2.75) is 44.0 Å². The number of anilines is 1. The van der Waals surface area contributed by atoms with Crippen LogP contribution in [0.5, 0.6) is 0 Å². The lowest BCUT2D eigenvalue weighted by molar-refractivity contribution is 0.0946. The third kappa shape index (κ3) is 5.45. The van der Waals surface area contributed by atoms with Gasteiger partial charge in [-0.05, 0) is 68.1 Å². The molecule has 0 aliphatic carbocycles. The number of amides is 1. The predicted octanol–water partition coefficient (Wildman–Crippen LogP) is 5.10. The highest BCUT2D eigenvalue weighted by molar-refractivity contribution is 8.00. The normalized spacial score (nSPS) is 11.1. The number of nitrogens with one attached hydrogen (secondary N) is 3. The first-order valence-electron chi connectivity index (χ1n) is 9.98. The zero-order valence-corrected chi connectivity index (χ0v) is 18.7. The molecule has 3 aromatic rings. The molecule has 3 rings (SSSR count). The molecule has 166 valence electrons. The third-order valence-corrected chi connectivity index (χ3v) is 5.68. The van der Waals surface area contributed by atoms with Crippen molar-refractivity contribution in [2.24, 2.45) is 0 Å². The van der Waals surface area contributed by atoms with E-state index in [0.717, 1.165) is 12.1 Å². The van der Waals surface area contributed by atoms with E-state index in [2.05, 4.69) is 26.1 Å². The van der Waals surface area contributed by atoms with Crippen LogP contribution in [0.1, 0.15) is 48.0 Å². The predicted molar refractivity (Wildman–Crippen MR) is 120 cm³/mol. The van der Waals surface area contributed by atoms with Crippen LogP contribution in [0.2, 0.25) is 0 Å². The fourth-order valence-corrected chi connectivity index (χ4v) is 3.56. The third-order valence-electron chi connectivity index (χ3n) is 4.90. The molecule has 0 bridgehead atoms. The maximum absolute atomic E-state index is 14.5. The van der Waals surface area contributed by atoms with Crippen molar-refractivity contribution in [1.29, 1.82) is 5.26 Å². The van der Waals surface area contributed by atoms with Crippen LogP contribution in [0.4, 0.5) is 14.7 Å². The Morgan fingerprint density at radius 1 is 1.22 bits per heavy atom. The molecule has 0 unspecified atom stereocenters. The second-order valence-electron chi connectivity index (χ2n) is 7.69. The number of H-pyrrole nitrogens is 1. The van der Waals surface area contributed by atoms with Gasteiger partial charge in [0.25, 0.3) is 5.91 Å². The molecule has 0 spiro atoms. The van der Waals surface area contributed by atoms with Gasteiger partial charge in [-0.2, -0.15) is 5.26 Å². The number of aryl methyl sites for hydroxylation is 1. The minimum atomic E-state index is -1.01. The average Bonchev–Trinajstić information content (AvgIpc) is 3.25. The van der Waals surface area contributed by atoms with Gasteiger partial charge in [-0.25, -0.2) is 13.8 Å². The molecule has 0 aliphatic rings. The lowest BCUT2D eigenvalue weighted by atomic mass is 9.85. The SMILES string of the molecule is CCc1cnc(NSc2ccc(C(=O)NCc3ccc(F)c(C(C)(C)C#N)c3)c(F)c2)[nH]1. The van der Waals surface area contributed by atoms with E-state index >= 15 is 0 Å². The van der Waals surface area contributed by atoms with Gasteiger partial charge >= 0.3 is 0 Å². The average molecular weight is 456 g/mol. The van der Waals surface area contributed by atoms with Crippen LogP contribution >= 0.6 is 11.9 Å². The number of benzene rings is 2. The van der Waals surface area contributed by atoms with Crippen LogP contribution in [0, 0.1) is 23.0 Å². The Hall–Kier alpha value is -3.38. The molecule has 0 saturated carbocycles. The highest BCUT2D eigenvalue weighted by Gasteiger charge is 2.24. The lowest BCUT2D eigenvalue weighted by Crippen LogP contribution is -2.24. The van der Waals surface area contributed by atoms with Gasteiger partial charge < -0.3 is 10.3 Å². The number of hydrogen-bond donors (Lipinski definition) is 3. The summed E-state index contributed by atoms with van der Waals surface area (Å²) in [4.78, 5) is 20.3. The van der Waals surface area contributed by atoms with Gasteiger partial charge in [0, 0.05) is 22.7 Å². The molecule has 1 aromatic heterocycles. The van der Waals surface area contributed by atoms with Crippen LogP contribution in [0.3, 0.4) is 0 Å². The van der Waals surface area contributed by atoms with Crippen molar-refractivity contribution < 1.29 is 13.6 Å². The van der Waals surface area contributed by atoms with Crippen LogP contribution in [-0.4, -0.2) is 15.9 Å². The van der Waals surface area contributed by atoms with Gasteiger partial charge in [0.1, 0.15) is 11.6 Å². The van der Waals surface area contributed by atoms with Crippen molar-refractivity contribution in [3.63, 3.8) is 0 Å². The number of rotatable bonds is 8. The van der Waals surface area contributed by atoms with Crippen LogP contribution in [0.15, 0.2) is 47.5 Å². The molecule has 0 atom stereocenters. The molecule has 1 amide bonds. The van der Waals surface area contributed by atoms with Gasteiger partial charge in [-0.3, -0.25) is 9.52 Å². The molecule has 1 heterocycles. The van der Waals surface area contributed by atoms with Crippen LogP contribution in [-0.2, 0) is 18.4 Å². The topological polar surface area (TPSA) is 93.6 Å². The number of carbonyl (C=O) groups excluding carboxylic acids is 1. The van der Waals surface area contributed by atoms with E-state index in [1.165, 1.54) is 36.2 Å². The Morgan fingerprint density at radius 3 is 2.66 bits per heavy atom. The zero-order chi connectivity index (χ0) is 23.3. The molecule has 9 heteroatoms. The minimum Gasteiger partial charge on any atom is -0.348 e. The summed E-state index contributed by atoms with van der Waals surface area (Å²) in [6, 6.07) is 10.7. The van der Waals surface area contributed by atoms with E-state index in [0.29, 0.717) is 16.4 Å². The van der Waals surface area contributed by atoms with E-state index < -0.39 is 23.0 Å². The molecule has 32 heavy (non-hydrogen) atoms. The Kier molecular flexibility index (Phi) is 7.15. The number of halogens is 2. The van der Waals surface area contributed by atoms with Crippen LogP contribution < -0.4 is 10.0 Å². The van der Waals surface area contributed by atoms with Crippen molar-refractivity contribution in [2.75, 3.05) is 4.72 Å². The Morgan fingerprint density at radius 2 is 2.00 bits per heavy atom. The van der Waals surface area contributed by atoms with E-state index in [1.54, 1.807) is 32.2 Å². The van der Waals surface area contributed by atoms with Gasteiger partial charge in [-0.15, -0.1) is 0 Å². The summed E-state index contributed by atoms with van der Waals surface area (Å²) in [6.07, 6.45) is 2.55. The Labute approximate surface area is 189 Å². The van der Waals surface area contributed by atoms with Gasteiger partial charge in [0.2, 0.25) is 5.95 Å². The van der Waals surface area contributed by atoms with E-state index in [4.69, 9.17) is 0 Å². The molecule has 0 radical (unpaired) electrons. The number of aromatic amines is 1. The lowest BCUT2D eigenvalue weighted by Gasteiger charge is -2.18. The highest BCUT2D eigenvalue weighted by Crippen LogP contribution is 2.26. The molecule has 2 aromatic carbocycles. The van der Waals surface area contributed by atoms with E-state index in [-0.39, 0.29) is 17.7 Å². The van der Waals surface area contributed by atoms with Crippen molar-refractivity contribution >= 4 is 23.8 Å². The smallest absolute Gasteiger partial charge is 0.254 e. The first kappa shape index (κ1) is 23.3. The Bertz CT molecular complexity index is 1170. The number of carbonyl (C=O) groups is 1. The molecule has 0 aliphatic heterocycles. The van der Waals surface area contributed by atoms with E-state index in [1.807, 2.05) is 6.92 Å². The first-order chi connectivity index (χ1) is 15.2. The monoisotopic (exact) mass is 455 g/mol. The zero-order valence-electron chi connectivity index (χ0n) is 17.9. The summed E-state index contributed by atoms with van der Waals surface area (Å²) >= 11 is 1.17. The number of imidazole rings is 1. The van der Waals surface area contributed by atoms with Crippen molar-refractivity contribution in [3.8, 4) is 6.07 Å². The molecule has 6 nitrogen and oxygen atoms in total. The minimum absolute atomic E-state index is 0.0728. The molecule has 3 N–H and O–H groups in total. The van der Waals surface area contributed by atoms with Crippen molar-refractivity contribution in [1.82, 2.24) is 15.3 Å². The highest BCUT2D eigenvalue weighted by atomic mass is 32.2. The summed E-state index contributed by atoms with van der Waals surface area (Å²) in [7, 11) is 0. The fourth-order valence-electron chi connectivity index (χ4n) is 2.94. The van der Waals surface area contributed by atoms with E-state index in [9.17, 15) is 18.8 Å². The quantitative estimate of drug-likeness (QED) is 0.411. The fraction of sp³-hybridized carbons (Fsp3) is 0.261. The Balaban J connectivity index is 1.63. The molecular weight excluding hydrogens is 432 g/mol. The van der Waals surface area contributed by atoms with Gasteiger partial charge in [0.15, 0.2) is 0 Å². The first-order valence-corrected chi connectivity index (χ1v) is 10.8. The molecule has 0 fully saturated rings. The standard InChI is InChI=1S/C23H23F2N5OS/c1-4-15-12-28-22(29-15)30-32-16-6-7-17(20(25)10-16)21(31)27-11-14-5-8-19(24)18(9-14)23(2,3)13-26/h5-10,12H,4,11H2,1-3H3,(H,27,31)(H2,28,29,30). The molecule has 0 saturated heterocycles. The maximum Gasteiger partial charge on any atom is 0.254 e. The second kappa shape index (κ2) is 9.83. The maximum atomic E-state index is 14.5. The number of nitriles is 1. The number of hydrogen-bond acceptors (Lipinski definition) is 5. The molecular formula is C23H23F2N5OS. The largest absolute Gasteiger partial charge is 0.348 e. The summed E-state index contributed by atoms with van der Waals surface area (Å²) in [5.74, 6) is -1.17. The summed E-state index contributed by atoms with van der Waals surface area (Å²) in [6.45, 7) is 5.31. The number of nitrogens with zero attached hydrogens (tertiary/aromatic N) is 2. The number of aromatic nitrogens is 2.